The van der Waals surface area contributed by atoms with Crippen LogP contribution in [0, 0.1) is 17.1 Å². The van der Waals surface area contributed by atoms with Gasteiger partial charge in [-0.25, -0.2) is 4.39 Å². The van der Waals surface area contributed by atoms with Crippen molar-refractivity contribution in [3.05, 3.63) is 65.5 Å². The summed E-state index contributed by atoms with van der Waals surface area (Å²) in [6, 6.07) is 16.1. The molecule has 28 heavy (non-hydrogen) atoms. The molecular weight excluding hydrogens is 355 g/mol. The van der Waals surface area contributed by atoms with Crippen LogP contribution in [-0.2, 0) is 11.3 Å². The second-order valence-electron chi connectivity index (χ2n) is 7.06. The summed E-state index contributed by atoms with van der Waals surface area (Å²) in [6.45, 7) is 5.35. The van der Waals surface area contributed by atoms with Gasteiger partial charge in [0.15, 0.2) is 0 Å². The Labute approximate surface area is 165 Å². The van der Waals surface area contributed by atoms with Gasteiger partial charge in [-0.05, 0) is 49.3 Å². The summed E-state index contributed by atoms with van der Waals surface area (Å²) in [7, 11) is 0. The van der Waals surface area contributed by atoms with E-state index in [4.69, 9.17) is 5.26 Å². The number of hydrogen-bond acceptors (Lipinski definition) is 4. The van der Waals surface area contributed by atoms with Gasteiger partial charge in [0.05, 0.1) is 17.3 Å². The Morgan fingerprint density at radius 1 is 1.04 bits per heavy atom. The van der Waals surface area contributed by atoms with Crippen molar-refractivity contribution in [2.45, 2.75) is 19.4 Å². The van der Waals surface area contributed by atoms with Crippen LogP contribution in [-0.4, -0.2) is 48.4 Å². The number of rotatable bonds is 6. The van der Waals surface area contributed by atoms with Crippen LogP contribution in [0.3, 0.4) is 0 Å². The van der Waals surface area contributed by atoms with E-state index >= 15 is 0 Å². The topological polar surface area (TPSA) is 59.4 Å². The highest BCUT2D eigenvalue weighted by atomic mass is 19.1. The maximum Gasteiger partial charge on any atom is 0.225 e. The minimum absolute atomic E-state index is 0.163. The van der Waals surface area contributed by atoms with Crippen LogP contribution in [0.4, 0.5) is 10.1 Å². The fourth-order valence-corrected chi connectivity index (χ4v) is 3.38. The molecule has 0 aliphatic carbocycles. The Hall–Kier alpha value is -2.75. The molecule has 1 saturated heterocycles. The third kappa shape index (κ3) is 5.88. The molecule has 5 nitrogen and oxygen atoms in total. The first-order chi connectivity index (χ1) is 13.6. The fourth-order valence-electron chi connectivity index (χ4n) is 3.38. The van der Waals surface area contributed by atoms with Crippen molar-refractivity contribution in [2.24, 2.45) is 0 Å². The number of para-hydroxylation sites is 1. The van der Waals surface area contributed by atoms with Gasteiger partial charge >= 0.3 is 0 Å². The van der Waals surface area contributed by atoms with E-state index in [0.29, 0.717) is 18.5 Å². The number of carbonyl (C=O) groups excluding carboxylic acids is 1. The predicted octanol–water partition coefficient (Wildman–Crippen LogP) is 3.23. The molecule has 0 bridgehead atoms. The SMILES string of the molecule is N#Cc1ccc(CN2CCCN(CCC(=O)Nc3ccccc3F)CC2)cc1. The van der Waals surface area contributed by atoms with Crippen molar-refractivity contribution in [2.75, 3.05) is 38.0 Å². The van der Waals surface area contributed by atoms with Crippen molar-refractivity contribution in [1.82, 2.24) is 9.80 Å². The van der Waals surface area contributed by atoms with Crippen LogP contribution in [0.1, 0.15) is 24.0 Å². The van der Waals surface area contributed by atoms with Gasteiger partial charge < -0.3 is 10.2 Å². The van der Waals surface area contributed by atoms with Crippen LogP contribution in [0.25, 0.3) is 0 Å². The van der Waals surface area contributed by atoms with E-state index in [0.717, 1.165) is 39.1 Å². The summed E-state index contributed by atoms with van der Waals surface area (Å²) in [5, 5.41) is 11.5. The van der Waals surface area contributed by atoms with Crippen molar-refractivity contribution in [3.63, 3.8) is 0 Å². The second kappa shape index (κ2) is 9.98. The van der Waals surface area contributed by atoms with Crippen LogP contribution in [0.5, 0.6) is 0 Å². The zero-order valence-electron chi connectivity index (χ0n) is 15.9. The maximum atomic E-state index is 13.6. The van der Waals surface area contributed by atoms with Crippen LogP contribution >= 0.6 is 0 Å². The number of carbonyl (C=O) groups is 1. The lowest BCUT2D eigenvalue weighted by molar-refractivity contribution is -0.116. The average molecular weight is 380 g/mol. The monoisotopic (exact) mass is 380 g/mol. The molecule has 0 spiro atoms. The molecule has 1 aliphatic rings. The fraction of sp³-hybridized carbons (Fsp3) is 0.364. The maximum absolute atomic E-state index is 13.6. The van der Waals surface area contributed by atoms with E-state index in [-0.39, 0.29) is 11.6 Å². The Bertz CT molecular complexity index is 831. The van der Waals surface area contributed by atoms with E-state index in [1.54, 1.807) is 18.2 Å². The first-order valence-corrected chi connectivity index (χ1v) is 9.62. The van der Waals surface area contributed by atoms with Crippen LogP contribution < -0.4 is 5.32 Å². The number of nitriles is 1. The van der Waals surface area contributed by atoms with Crippen LogP contribution in [0.15, 0.2) is 48.5 Å². The van der Waals surface area contributed by atoms with Crippen molar-refractivity contribution in [1.29, 1.82) is 5.26 Å². The van der Waals surface area contributed by atoms with Gasteiger partial charge in [-0.15, -0.1) is 0 Å². The molecule has 1 aliphatic heterocycles. The normalized spacial score (nSPS) is 15.6. The molecule has 1 amide bonds. The summed E-state index contributed by atoms with van der Waals surface area (Å²) in [4.78, 5) is 16.8. The van der Waals surface area contributed by atoms with E-state index in [1.807, 2.05) is 24.3 Å². The molecule has 1 fully saturated rings. The second-order valence-corrected chi connectivity index (χ2v) is 7.06. The van der Waals surface area contributed by atoms with Crippen molar-refractivity contribution >= 4 is 11.6 Å². The molecule has 0 unspecified atom stereocenters. The van der Waals surface area contributed by atoms with E-state index in [1.165, 1.54) is 11.6 Å². The summed E-state index contributed by atoms with van der Waals surface area (Å²) in [6.07, 6.45) is 1.40. The lowest BCUT2D eigenvalue weighted by Gasteiger charge is -2.21. The largest absolute Gasteiger partial charge is 0.324 e. The summed E-state index contributed by atoms with van der Waals surface area (Å²) < 4.78 is 13.6. The van der Waals surface area contributed by atoms with E-state index in [9.17, 15) is 9.18 Å². The zero-order valence-corrected chi connectivity index (χ0v) is 15.9. The van der Waals surface area contributed by atoms with E-state index < -0.39 is 5.82 Å². The molecule has 1 N–H and O–H groups in total. The minimum atomic E-state index is -0.413. The number of halogens is 1. The lowest BCUT2D eigenvalue weighted by atomic mass is 10.1. The summed E-state index contributed by atoms with van der Waals surface area (Å²) >= 11 is 0. The number of nitrogens with one attached hydrogen (secondary N) is 1. The lowest BCUT2D eigenvalue weighted by Crippen LogP contribution is -2.32. The van der Waals surface area contributed by atoms with Crippen molar-refractivity contribution in [3.8, 4) is 6.07 Å². The Balaban J connectivity index is 1.42. The predicted molar refractivity (Wildman–Crippen MR) is 107 cm³/mol. The number of benzene rings is 2. The highest BCUT2D eigenvalue weighted by molar-refractivity contribution is 5.90. The molecule has 3 rings (SSSR count). The van der Waals surface area contributed by atoms with Gasteiger partial charge in [0.2, 0.25) is 5.91 Å². The Morgan fingerprint density at radius 3 is 2.50 bits per heavy atom. The Morgan fingerprint density at radius 2 is 1.75 bits per heavy atom. The van der Waals surface area contributed by atoms with Crippen molar-refractivity contribution < 1.29 is 9.18 Å². The molecule has 2 aromatic carbocycles. The summed E-state index contributed by atoms with van der Waals surface area (Å²) in [5.74, 6) is -0.576. The standard InChI is InChI=1S/C22H25FN4O/c23-20-4-1-2-5-21(20)25-22(28)10-13-26-11-3-12-27(15-14-26)17-19-8-6-18(16-24)7-9-19/h1-2,4-9H,3,10-15,17H2,(H,25,28). The molecule has 0 saturated carbocycles. The molecule has 1 heterocycles. The van der Waals surface area contributed by atoms with Gasteiger partial charge in [-0.1, -0.05) is 24.3 Å². The zero-order chi connectivity index (χ0) is 19.8. The first kappa shape index (κ1) is 20.0. The van der Waals surface area contributed by atoms with Gasteiger partial charge in [-0.3, -0.25) is 9.69 Å². The average Bonchev–Trinajstić information content (AvgIpc) is 2.94. The number of hydrogen-bond donors (Lipinski definition) is 1. The van der Waals surface area contributed by atoms with Gasteiger partial charge in [0.1, 0.15) is 5.82 Å². The molecule has 6 heteroatoms. The van der Waals surface area contributed by atoms with Gasteiger partial charge in [0.25, 0.3) is 0 Å². The number of amides is 1. The smallest absolute Gasteiger partial charge is 0.225 e. The van der Waals surface area contributed by atoms with Gasteiger partial charge in [0, 0.05) is 32.6 Å². The molecule has 146 valence electrons. The third-order valence-corrected chi connectivity index (χ3v) is 4.97. The van der Waals surface area contributed by atoms with E-state index in [2.05, 4.69) is 21.2 Å². The molecule has 0 aromatic heterocycles. The quantitative estimate of drug-likeness (QED) is 0.836. The molecule has 0 atom stereocenters. The number of anilines is 1. The molecule has 0 radical (unpaired) electrons. The van der Waals surface area contributed by atoms with Gasteiger partial charge in [-0.2, -0.15) is 5.26 Å². The summed E-state index contributed by atoms with van der Waals surface area (Å²) in [5.41, 5.74) is 2.12. The molecule has 2 aromatic rings. The third-order valence-electron chi connectivity index (χ3n) is 4.97. The number of nitrogens with zero attached hydrogens (tertiary/aromatic N) is 3. The molecular formula is C22H25FN4O. The highest BCUT2D eigenvalue weighted by Crippen LogP contribution is 2.13. The first-order valence-electron chi connectivity index (χ1n) is 9.62. The van der Waals surface area contributed by atoms with Crippen LogP contribution in [0.2, 0.25) is 0 Å². The Kier molecular flexibility index (Phi) is 7.12. The highest BCUT2D eigenvalue weighted by Gasteiger charge is 2.16. The minimum Gasteiger partial charge on any atom is -0.324 e.